The average molecular weight is 1360 g/mol. The van der Waals surface area contributed by atoms with Gasteiger partial charge in [-0.05, 0) is 247 Å². The van der Waals surface area contributed by atoms with Crippen molar-refractivity contribution in [3.05, 3.63) is 228 Å². The number of amides is 5. The van der Waals surface area contributed by atoms with Gasteiger partial charge in [-0.1, -0.05) is 7.43 Å². The van der Waals surface area contributed by atoms with E-state index in [-0.39, 0.29) is 87.2 Å². The summed E-state index contributed by atoms with van der Waals surface area (Å²) in [7, 11) is 2.90. The lowest BCUT2D eigenvalue weighted by molar-refractivity contribution is -0.138. The van der Waals surface area contributed by atoms with E-state index >= 15 is 0 Å². The lowest BCUT2D eigenvalue weighted by Crippen LogP contribution is -2.38. The van der Waals surface area contributed by atoms with Crippen molar-refractivity contribution < 1.29 is 79.7 Å². The Hall–Kier alpha value is -9.69. The number of ether oxygens (including phenoxy) is 2. The summed E-state index contributed by atoms with van der Waals surface area (Å²) in [5, 5.41) is 19.2. The predicted molar refractivity (Wildman–Crippen MR) is 367 cm³/mol. The topological polar surface area (TPSA) is 279 Å². The van der Waals surface area contributed by atoms with Crippen LogP contribution in [0, 0.1) is 97.8 Å². The van der Waals surface area contributed by atoms with Crippen molar-refractivity contribution >= 4 is 60.7 Å². The van der Waals surface area contributed by atoms with Crippen molar-refractivity contribution in [1.29, 1.82) is 5.26 Å². The Morgan fingerprint density at radius 2 is 0.814 bits per heavy atom. The number of hydrogen-bond donors (Lipinski definition) is 3. The zero-order valence-electron chi connectivity index (χ0n) is 56.9. The van der Waals surface area contributed by atoms with Crippen LogP contribution in [0.25, 0.3) is 0 Å². The number of benzene rings is 6. The molecule has 0 unspecified atom stereocenters. The van der Waals surface area contributed by atoms with Gasteiger partial charge in [-0.15, -0.1) is 0 Å². The number of aromatic carboxylic acids is 1. The van der Waals surface area contributed by atoms with E-state index in [9.17, 15) is 56.1 Å². The number of nitrogens with two attached hydrogens (primary N) is 1. The van der Waals surface area contributed by atoms with Crippen LogP contribution in [0.2, 0.25) is 0 Å². The molecular weight excluding hydrogens is 1270 g/mol. The molecule has 0 saturated carbocycles. The third-order valence-corrected chi connectivity index (χ3v) is 17.1. The van der Waals surface area contributed by atoms with Crippen LogP contribution in [0.4, 0.5) is 18.9 Å². The second-order valence-corrected chi connectivity index (χ2v) is 24.3. The normalized spacial score (nSPS) is 12.0. The molecule has 0 spiro atoms. The first kappa shape index (κ1) is 83.4. The molecule has 0 saturated heterocycles. The molecule has 520 valence electrons. The van der Waals surface area contributed by atoms with Crippen LogP contribution in [0.3, 0.4) is 0 Å². The Morgan fingerprint density at radius 3 is 1.11 bits per heavy atom. The van der Waals surface area contributed by atoms with Gasteiger partial charge in [0.1, 0.15) is 36.4 Å². The van der Waals surface area contributed by atoms with Crippen molar-refractivity contribution in [2.24, 2.45) is 5.73 Å². The first-order valence-corrected chi connectivity index (χ1v) is 31.9. The van der Waals surface area contributed by atoms with E-state index in [0.29, 0.717) is 36.4 Å². The van der Waals surface area contributed by atoms with E-state index in [1.165, 1.54) is 135 Å². The first-order chi connectivity index (χ1) is 45.1. The zero-order valence-corrected chi connectivity index (χ0v) is 57.8. The van der Waals surface area contributed by atoms with Crippen molar-refractivity contribution in [2.75, 3.05) is 60.5 Å². The van der Waals surface area contributed by atoms with Gasteiger partial charge in [0, 0.05) is 56.0 Å². The Kier molecular flexibility index (Phi) is 33.9. The molecule has 6 aromatic carbocycles. The summed E-state index contributed by atoms with van der Waals surface area (Å²) >= 11 is 0. The van der Waals surface area contributed by atoms with Gasteiger partial charge in [0.05, 0.1) is 51.0 Å². The number of carbonyl (C=O) groups is 8. The molecule has 24 heteroatoms. The summed E-state index contributed by atoms with van der Waals surface area (Å²) in [5.74, 6) is -3.17. The molecule has 2 aliphatic rings. The molecular formula is C73H89F3N6O14P+. The summed E-state index contributed by atoms with van der Waals surface area (Å²) in [4.78, 5) is 92.4. The number of halogens is 3. The number of carboxylic acid groups (broad SMARTS) is 1. The van der Waals surface area contributed by atoms with Crippen LogP contribution >= 0.6 is 7.60 Å². The fourth-order valence-corrected chi connectivity index (χ4v) is 9.98. The molecule has 0 radical (unpaired) electrons. The minimum absolute atomic E-state index is 0. The molecule has 4 N–H and O–H groups in total. The molecule has 0 bridgehead atoms. The summed E-state index contributed by atoms with van der Waals surface area (Å²) < 4.78 is 69.6. The van der Waals surface area contributed by atoms with E-state index in [1.807, 2.05) is 24.3 Å². The molecule has 0 aliphatic carbocycles. The number of carboxylic acids is 1. The van der Waals surface area contributed by atoms with Gasteiger partial charge in [-0.3, -0.25) is 47.3 Å². The second-order valence-electron chi connectivity index (χ2n) is 22.5. The lowest BCUT2D eigenvalue weighted by Gasteiger charge is -2.23. The molecule has 0 aromatic heterocycles. The zero-order chi connectivity index (χ0) is 72.4. The Balaban J connectivity index is 0.000000411. The summed E-state index contributed by atoms with van der Waals surface area (Å²) in [6.45, 7) is 26.2. The molecule has 5 amide bonds. The number of carbonyl (C=O) groups excluding carboxylic acids is 7. The molecule has 0 fully saturated rings. The lowest BCUT2D eigenvalue weighted by atomic mass is 9.90. The summed E-state index contributed by atoms with van der Waals surface area (Å²) in [5.41, 5.74) is 22.2. The number of rotatable bonds is 18. The van der Waals surface area contributed by atoms with E-state index in [2.05, 4.69) is 105 Å². The quantitative estimate of drug-likeness (QED) is 0.0312. The highest BCUT2D eigenvalue weighted by atomic mass is 31.2. The van der Waals surface area contributed by atoms with Gasteiger partial charge >= 0.3 is 25.5 Å². The maximum absolute atomic E-state index is 12.9. The number of hydrogen-bond acceptors (Lipinski definition) is 15. The molecule has 97 heavy (non-hydrogen) atoms. The largest absolute Gasteiger partial charge is 0.478 e. The highest BCUT2D eigenvalue weighted by Gasteiger charge is 2.25. The number of esters is 2. The van der Waals surface area contributed by atoms with Crippen LogP contribution in [-0.4, -0.2) is 123 Å². The van der Waals surface area contributed by atoms with Crippen LogP contribution in [0.15, 0.2) is 121 Å². The third kappa shape index (κ3) is 25.1. The van der Waals surface area contributed by atoms with Gasteiger partial charge in [0.15, 0.2) is 5.81 Å². The van der Waals surface area contributed by atoms with E-state index in [4.69, 9.17) is 25.6 Å². The van der Waals surface area contributed by atoms with Crippen LogP contribution in [0.1, 0.15) is 129 Å². The van der Waals surface area contributed by atoms with E-state index in [1.54, 1.807) is 13.8 Å². The van der Waals surface area contributed by atoms with Crippen LogP contribution < -0.4 is 15.5 Å². The van der Waals surface area contributed by atoms with E-state index < -0.39 is 31.2 Å². The predicted octanol–water partition coefficient (Wildman–Crippen LogP) is 12.8. The maximum atomic E-state index is 12.9. The molecule has 20 nitrogen and oxygen atoms in total. The third-order valence-electron chi connectivity index (χ3n) is 15.7. The monoisotopic (exact) mass is 1360 g/mol. The van der Waals surface area contributed by atoms with Gasteiger partial charge in [-0.2, -0.15) is 5.26 Å². The molecule has 2 heterocycles. The molecule has 2 aliphatic heterocycles. The Bertz CT molecular complexity index is 3810. The smallest absolute Gasteiger partial charge is 0.431 e. The Morgan fingerprint density at radius 1 is 0.515 bits per heavy atom. The fourth-order valence-electron chi connectivity index (χ4n) is 9.11. The number of quaternary nitrogens is 1. The number of imide groups is 2. The standard InChI is InChI=1S/C22H30NO2.C19H21FO2.C13H11FN2O3.C7H5FO2.C6H8N2O2.C5H10NO3P.CH4/c1-14-15(2)17(4)21(18(5)16(14)3)13-25-22(24)19-9-11-20(12-10-19)23(6,7)8;1-11-12(2)14(4)18(15(5)13(11)3)10-22-19(21)16-6-8-17(20)9-7-16;14-10-3-1-9(2-4-10)13(19)15-7-8-16-11(17)5-6-12(16)18;8-6-3-1-5(2-4-6)7(9)10;7-3-4-8-5(9)1-2-6(8)10;1-3-8-10(7,5-6)9-4-2;/h9-12H,13H2,1-8H3;6-9H,10H2,1-5H3;1-6H,7-8H2,(H,15,19);1-4H,(H,9,10);1-2H,3-4,7H2;3-4H2,1-2H3;1H4/q+1;;;;;;/i;20-1;14-1;8-1;;;. The van der Waals surface area contributed by atoms with Gasteiger partial charge < -0.3 is 25.6 Å². The van der Waals surface area contributed by atoms with Crippen molar-refractivity contribution in [1.82, 2.24) is 19.6 Å². The van der Waals surface area contributed by atoms with Gasteiger partial charge in [0.25, 0.3) is 29.5 Å². The fraction of sp³-hybridized carbons (Fsp3) is 0.329. The number of nitriles is 1. The highest BCUT2D eigenvalue weighted by Crippen LogP contribution is 2.46. The maximum Gasteiger partial charge on any atom is 0.431 e. The highest BCUT2D eigenvalue weighted by molar-refractivity contribution is 7.59. The average Bonchev–Trinajstić information content (AvgIpc) is 1.81. The van der Waals surface area contributed by atoms with Crippen molar-refractivity contribution in [3.8, 4) is 5.81 Å². The molecule has 0 atom stereocenters. The van der Waals surface area contributed by atoms with Crippen molar-refractivity contribution in [3.63, 3.8) is 0 Å². The summed E-state index contributed by atoms with van der Waals surface area (Å²) in [6, 6.07) is 22.8. The van der Waals surface area contributed by atoms with Gasteiger partial charge in [-0.25, -0.2) is 32.1 Å². The first-order valence-electron chi connectivity index (χ1n) is 30.3. The van der Waals surface area contributed by atoms with Crippen LogP contribution in [-0.2, 0) is 55.5 Å². The van der Waals surface area contributed by atoms with Crippen molar-refractivity contribution in [2.45, 2.75) is 104 Å². The van der Waals surface area contributed by atoms with E-state index in [0.717, 1.165) is 54.4 Å². The minimum atomic E-state index is -3.39. The molecule has 6 aromatic rings. The molecule has 8 rings (SSSR count). The van der Waals surface area contributed by atoms with Gasteiger partial charge in [0.2, 0.25) is 0 Å². The van der Waals surface area contributed by atoms with Crippen LogP contribution in [0.5, 0.6) is 0 Å². The SMILES string of the molecule is C.CCOP(=O)(C#N)OCC.Cc1c(C)c(C)c(COC(=O)c2ccc([18F])cc2)c(C)c1C.Cc1c(C)c(C)c(COC(=O)c2ccc([N+](C)(C)C)cc2)c(C)c1C.NCCN1C(=O)C=CC1=O.O=C(NCCN1C(=O)C=CC1=O)c1ccc([18F])cc1.O=C(O)c1ccc([18F])cc1. The number of nitrogens with zero attached hydrogens (tertiary/aromatic N) is 4. The number of nitrogens with one attached hydrogen (secondary N) is 1. The minimum Gasteiger partial charge on any atom is -0.478 e. The summed E-state index contributed by atoms with van der Waals surface area (Å²) in [6.07, 6.45) is 4.87. The second kappa shape index (κ2) is 39.4. The Labute approximate surface area is 566 Å².